The Balaban J connectivity index is 2.18. The van der Waals surface area contributed by atoms with Crippen LogP contribution in [0.2, 0.25) is 0 Å². The van der Waals surface area contributed by atoms with Gasteiger partial charge in [-0.15, -0.1) is 11.3 Å². The Bertz CT molecular complexity index is 498. The third-order valence-electron chi connectivity index (χ3n) is 2.39. The molecule has 2 aromatic heterocycles. The first kappa shape index (κ1) is 7.82. The number of nitrogens with one attached hydrogen (secondary N) is 1. The first-order valence-electron chi connectivity index (χ1n) is 4.36. The SMILES string of the molecule is O=C1Nc2cscc2Cn2cccc21. The molecule has 1 aliphatic rings. The molecule has 2 aromatic rings. The van der Waals surface area contributed by atoms with Gasteiger partial charge in [0.2, 0.25) is 0 Å². The van der Waals surface area contributed by atoms with E-state index in [-0.39, 0.29) is 5.91 Å². The molecule has 3 heterocycles. The van der Waals surface area contributed by atoms with Crippen molar-refractivity contribution < 1.29 is 4.79 Å². The van der Waals surface area contributed by atoms with E-state index in [1.54, 1.807) is 11.3 Å². The highest BCUT2D eigenvalue weighted by Gasteiger charge is 2.18. The number of fused-ring (bicyclic) bond motifs is 2. The lowest BCUT2D eigenvalue weighted by molar-refractivity contribution is 0.102. The molecule has 0 spiro atoms. The molecule has 3 nitrogen and oxygen atoms in total. The standard InChI is InChI=1S/C10H8N2OS/c13-10-9-2-1-3-12(9)4-7-5-14-6-8(7)11-10/h1-3,5-6H,4H2,(H,11,13). The normalized spacial score (nSPS) is 14.1. The molecule has 0 aromatic carbocycles. The van der Waals surface area contributed by atoms with Gasteiger partial charge in [0.05, 0.1) is 12.2 Å². The Morgan fingerprint density at radius 3 is 3.29 bits per heavy atom. The van der Waals surface area contributed by atoms with Crippen LogP contribution in [0.5, 0.6) is 0 Å². The summed E-state index contributed by atoms with van der Waals surface area (Å²) in [5, 5.41) is 6.94. The van der Waals surface area contributed by atoms with E-state index in [0.717, 1.165) is 17.9 Å². The summed E-state index contributed by atoms with van der Waals surface area (Å²) in [6, 6.07) is 3.73. The summed E-state index contributed by atoms with van der Waals surface area (Å²) >= 11 is 1.62. The summed E-state index contributed by atoms with van der Waals surface area (Å²) in [6.45, 7) is 0.778. The number of carbonyl (C=O) groups excluding carboxylic acids is 1. The van der Waals surface area contributed by atoms with Crippen LogP contribution in [-0.4, -0.2) is 10.5 Å². The van der Waals surface area contributed by atoms with Gasteiger partial charge < -0.3 is 9.88 Å². The van der Waals surface area contributed by atoms with Crippen molar-refractivity contribution in [3.63, 3.8) is 0 Å². The molecular formula is C10H8N2OS. The predicted molar refractivity (Wildman–Crippen MR) is 55.8 cm³/mol. The predicted octanol–water partition coefficient (Wildman–Crippen LogP) is 2.16. The van der Waals surface area contributed by atoms with Crippen LogP contribution < -0.4 is 5.32 Å². The van der Waals surface area contributed by atoms with E-state index in [4.69, 9.17) is 0 Å². The van der Waals surface area contributed by atoms with Crippen LogP contribution in [0.25, 0.3) is 0 Å². The number of thiophene rings is 1. The van der Waals surface area contributed by atoms with Crippen LogP contribution in [0.15, 0.2) is 29.1 Å². The zero-order valence-corrected chi connectivity index (χ0v) is 8.17. The van der Waals surface area contributed by atoms with Gasteiger partial charge >= 0.3 is 0 Å². The summed E-state index contributed by atoms with van der Waals surface area (Å²) in [5.74, 6) is -0.0212. The first-order chi connectivity index (χ1) is 6.84. The highest BCUT2D eigenvalue weighted by atomic mass is 32.1. The lowest BCUT2D eigenvalue weighted by Gasteiger charge is -2.00. The average Bonchev–Trinajstić information content (AvgIpc) is 2.75. The number of hydrogen-bond donors (Lipinski definition) is 1. The van der Waals surface area contributed by atoms with Crippen molar-refractivity contribution in [1.29, 1.82) is 0 Å². The molecular weight excluding hydrogens is 196 g/mol. The minimum absolute atomic E-state index is 0.0212. The number of amides is 1. The Morgan fingerprint density at radius 2 is 2.36 bits per heavy atom. The van der Waals surface area contributed by atoms with Crippen molar-refractivity contribution in [1.82, 2.24) is 4.57 Å². The van der Waals surface area contributed by atoms with Gasteiger partial charge in [-0.05, 0) is 17.5 Å². The molecule has 0 saturated carbocycles. The molecule has 14 heavy (non-hydrogen) atoms. The molecule has 1 N–H and O–H groups in total. The van der Waals surface area contributed by atoms with Crippen LogP contribution in [0.3, 0.4) is 0 Å². The maximum absolute atomic E-state index is 11.7. The van der Waals surface area contributed by atoms with Crippen LogP contribution in [0.4, 0.5) is 5.69 Å². The molecule has 0 atom stereocenters. The van der Waals surface area contributed by atoms with Crippen LogP contribution in [0.1, 0.15) is 16.1 Å². The maximum Gasteiger partial charge on any atom is 0.272 e. The minimum Gasteiger partial charge on any atom is -0.339 e. The Hall–Kier alpha value is -1.55. The van der Waals surface area contributed by atoms with Gasteiger partial charge in [-0.25, -0.2) is 0 Å². The van der Waals surface area contributed by atoms with E-state index < -0.39 is 0 Å². The third kappa shape index (κ3) is 1.01. The fraction of sp³-hybridized carbons (Fsp3) is 0.100. The molecule has 0 saturated heterocycles. The van der Waals surface area contributed by atoms with Crippen LogP contribution in [0, 0.1) is 0 Å². The van der Waals surface area contributed by atoms with E-state index in [9.17, 15) is 4.79 Å². The summed E-state index contributed by atoms with van der Waals surface area (Å²) in [4.78, 5) is 11.7. The fourth-order valence-electron chi connectivity index (χ4n) is 1.68. The zero-order valence-electron chi connectivity index (χ0n) is 7.36. The average molecular weight is 204 g/mol. The first-order valence-corrected chi connectivity index (χ1v) is 5.30. The second kappa shape index (κ2) is 2.72. The smallest absolute Gasteiger partial charge is 0.272 e. The highest BCUT2D eigenvalue weighted by Crippen LogP contribution is 2.25. The molecule has 0 radical (unpaired) electrons. The van der Waals surface area contributed by atoms with Crippen molar-refractivity contribution in [2.24, 2.45) is 0 Å². The lowest BCUT2D eigenvalue weighted by atomic mass is 10.3. The van der Waals surface area contributed by atoms with Gasteiger partial charge in [0.15, 0.2) is 0 Å². The van der Waals surface area contributed by atoms with Gasteiger partial charge in [-0.3, -0.25) is 4.79 Å². The van der Waals surface area contributed by atoms with E-state index in [1.807, 2.05) is 28.3 Å². The number of nitrogens with zero attached hydrogens (tertiary/aromatic N) is 1. The number of rotatable bonds is 0. The number of aromatic nitrogens is 1. The molecule has 4 heteroatoms. The largest absolute Gasteiger partial charge is 0.339 e. The minimum atomic E-state index is -0.0212. The lowest BCUT2D eigenvalue weighted by Crippen LogP contribution is -2.12. The Morgan fingerprint density at radius 1 is 1.43 bits per heavy atom. The molecule has 0 aliphatic carbocycles. The van der Waals surface area contributed by atoms with Crippen molar-refractivity contribution in [3.8, 4) is 0 Å². The van der Waals surface area contributed by atoms with Gasteiger partial charge in [0, 0.05) is 17.1 Å². The molecule has 1 aliphatic heterocycles. The van der Waals surface area contributed by atoms with Gasteiger partial charge in [-0.1, -0.05) is 0 Å². The number of anilines is 1. The molecule has 0 fully saturated rings. The van der Waals surface area contributed by atoms with Crippen LogP contribution >= 0.6 is 11.3 Å². The third-order valence-corrected chi connectivity index (χ3v) is 3.19. The topological polar surface area (TPSA) is 34.0 Å². The molecule has 0 unspecified atom stereocenters. The zero-order chi connectivity index (χ0) is 9.54. The van der Waals surface area contributed by atoms with Crippen molar-refractivity contribution in [2.75, 3.05) is 5.32 Å². The van der Waals surface area contributed by atoms with E-state index in [2.05, 4.69) is 10.7 Å². The van der Waals surface area contributed by atoms with Crippen molar-refractivity contribution in [3.05, 3.63) is 40.3 Å². The molecule has 3 rings (SSSR count). The van der Waals surface area contributed by atoms with Crippen molar-refractivity contribution in [2.45, 2.75) is 6.54 Å². The van der Waals surface area contributed by atoms with E-state index in [1.165, 1.54) is 5.56 Å². The summed E-state index contributed by atoms with van der Waals surface area (Å²) in [7, 11) is 0. The number of hydrogen-bond acceptors (Lipinski definition) is 2. The molecule has 1 amide bonds. The molecule has 70 valence electrons. The van der Waals surface area contributed by atoms with Gasteiger partial charge in [-0.2, -0.15) is 0 Å². The van der Waals surface area contributed by atoms with E-state index >= 15 is 0 Å². The summed E-state index contributed by atoms with van der Waals surface area (Å²) in [5.41, 5.74) is 2.85. The van der Waals surface area contributed by atoms with Gasteiger partial charge in [0.1, 0.15) is 5.69 Å². The fourth-order valence-corrected chi connectivity index (χ4v) is 2.46. The van der Waals surface area contributed by atoms with Crippen molar-refractivity contribution >= 4 is 22.9 Å². The van der Waals surface area contributed by atoms with Crippen LogP contribution in [-0.2, 0) is 6.54 Å². The monoisotopic (exact) mass is 204 g/mol. The van der Waals surface area contributed by atoms with Gasteiger partial charge in [0.25, 0.3) is 5.91 Å². The molecule has 0 bridgehead atoms. The maximum atomic E-state index is 11.7. The second-order valence-electron chi connectivity index (χ2n) is 3.29. The quantitative estimate of drug-likeness (QED) is 0.701. The second-order valence-corrected chi connectivity index (χ2v) is 4.03. The Labute approximate surface area is 85.0 Å². The summed E-state index contributed by atoms with van der Waals surface area (Å²) in [6.07, 6.45) is 1.93. The summed E-state index contributed by atoms with van der Waals surface area (Å²) < 4.78 is 1.97. The number of carbonyl (C=O) groups is 1. The Kier molecular flexibility index (Phi) is 1.52. The highest BCUT2D eigenvalue weighted by molar-refractivity contribution is 7.08. The van der Waals surface area contributed by atoms with E-state index in [0.29, 0.717) is 0 Å².